The quantitative estimate of drug-likeness (QED) is 0.491. The van der Waals surface area contributed by atoms with Gasteiger partial charge in [0.15, 0.2) is 11.6 Å². The first-order chi connectivity index (χ1) is 15.0. The van der Waals surface area contributed by atoms with E-state index in [-0.39, 0.29) is 29.8 Å². The van der Waals surface area contributed by atoms with Crippen LogP contribution < -0.4 is 4.74 Å². The summed E-state index contributed by atoms with van der Waals surface area (Å²) in [5.74, 6) is -1.46. The zero-order chi connectivity index (χ0) is 22.0. The van der Waals surface area contributed by atoms with Crippen molar-refractivity contribution in [2.24, 2.45) is 0 Å². The van der Waals surface area contributed by atoms with Crippen LogP contribution in [-0.2, 0) is 6.61 Å². The molecule has 2 nitrogen and oxygen atoms in total. The lowest BCUT2D eigenvalue weighted by atomic mass is 9.75. The minimum Gasteiger partial charge on any atom is -0.497 e. The molecule has 0 aromatic heterocycles. The van der Waals surface area contributed by atoms with Crippen LogP contribution in [-0.4, -0.2) is 12.2 Å². The van der Waals surface area contributed by atoms with Crippen molar-refractivity contribution < 1.29 is 23.0 Å². The molecule has 1 aliphatic rings. The van der Waals surface area contributed by atoms with Crippen LogP contribution in [0.1, 0.15) is 54.2 Å². The van der Waals surface area contributed by atoms with Crippen LogP contribution in [0.25, 0.3) is 11.1 Å². The maximum absolute atomic E-state index is 15.0. The number of aliphatic hydroxyl groups excluding tert-OH is 1. The molecule has 0 unspecified atom stereocenters. The van der Waals surface area contributed by atoms with Crippen molar-refractivity contribution in [1.82, 2.24) is 0 Å². The van der Waals surface area contributed by atoms with E-state index < -0.39 is 11.6 Å². The van der Waals surface area contributed by atoms with Gasteiger partial charge in [-0.25, -0.2) is 13.2 Å². The van der Waals surface area contributed by atoms with Crippen molar-refractivity contribution in [3.05, 3.63) is 88.7 Å². The monoisotopic (exact) mass is 426 g/mol. The molecule has 3 aromatic rings. The minimum atomic E-state index is -0.849. The van der Waals surface area contributed by atoms with Crippen LogP contribution in [0.4, 0.5) is 13.2 Å². The number of hydrogen-bond acceptors (Lipinski definition) is 2. The SMILES string of the molecule is COc1ccc(C2CCC(c3ccc(-c4ccc(CO)cc4)c(F)c3F)CC2)c(F)c1. The van der Waals surface area contributed by atoms with Gasteiger partial charge in [0, 0.05) is 11.6 Å². The van der Waals surface area contributed by atoms with E-state index in [2.05, 4.69) is 0 Å². The minimum absolute atomic E-state index is 0.0689. The van der Waals surface area contributed by atoms with Crippen LogP contribution in [0.5, 0.6) is 5.75 Å². The topological polar surface area (TPSA) is 29.5 Å². The normalized spacial score (nSPS) is 18.7. The molecule has 1 fully saturated rings. The van der Waals surface area contributed by atoms with Gasteiger partial charge < -0.3 is 9.84 Å². The summed E-state index contributed by atoms with van der Waals surface area (Å²) in [6, 6.07) is 14.9. The fourth-order valence-corrected chi connectivity index (χ4v) is 4.57. The van der Waals surface area contributed by atoms with E-state index in [0.29, 0.717) is 40.8 Å². The third-order valence-electron chi connectivity index (χ3n) is 6.37. The van der Waals surface area contributed by atoms with Crippen LogP contribution in [0.3, 0.4) is 0 Å². The molecular weight excluding hydrogens is 401 g/mol. The van der Waals surface area contributed by atoms with E-state index in [1.54, 1.807) is 48.5 Å². The first-order valence-electron chi connectivity index (χ1n) is 10.5. The summed E-state index contributed by atoms with van der Waals surface area (Å²) in [5, 5.41) is 9.15. The molecule has 0 saturated heterocycles. The molecule has 162 valence electrons. The highest BCUT2D eigenvalue weighted by molar-refractivity contribution is 5.65. The molecule has 0 atom stereocenters. The van der Waals surface area contributed by atoms with Crippen molar-refractivity contribution >= 4 is 0 Å². The Balaban J connectivity index is 1.50. The van der Waals surface area contributed by atoms with Gasteiger partial charge in [0.25, 0.3) is 0 Å². The standard InChI is InChI=1S/C26H25F3O2/c1-31-20-10-11-21(24(27)14-20)17-6-8-19(9-7-17)23-13-12-22(25(28)26(23)29)18-4-2-16(15-30)3-5-18/h2-5,10-14,17,19,30H,6-9,15H2,1H3. The molecule has 0 heterocycles. The van der Waals surface area contributed by atoms with Crippen molar-refractivity contribution in [2.75, 3.05) is 7.11 Å². The summed E-state index contributed by atoms with van der Waals surface area (Å²) >= 11 is 0. The van der Waals surface area contributed by atoms with Crippen molar-refractivity contribution in [3.63, 3.8) is 0 Å². The van der Waals surface area contributed by atoms with E-state index in [1.165, 1.54) is 13.2 Å². The molecule has 1 N–H and O–H groups in total. The number of halogens is 3. The van der Waals surface area contributed by atoms with Gasteiger partial charge >= 0.3 is 0 Å². The van der Waals surface area contributed by atoms with Gasteiger partial charge in [-0.3, -0.25) is 0 Å². The molecule has 31 heavy (non-hydrogen) atoms. The fraction of sp³-hybridized carbons (Fsp3) is 0.308. The third kappa shape index (κ3) is 4.33. The molecule has 0 radical (unpaired) electrons. The van der Waals surface area contributed by atoms with Gasteiger partial charge in [-0.15, -0.1) is 0 Å². The van der Waals surface area contributed by atoms with Crippen LogP contribution in [0.2, 0.25) is 0 Å². The summed E-state index contributed by atoms with van der Waals surface area (Å²) in [5.41, 5.74) is 2.54. The van der Waals surface area contributed by atoms with Crippen molar-refractivity contribution in [2.45, 2.75) is 44.1 Å². The molecule has 0 aliphatic heterocycles. The Morgan fingerprint density at radius 3 is 2.00 bits per heavy atom. The molecule has 1 saturated carbocycles. The molecule has 0 spiro atoms. The van der Waals surface area contributed by atoms with E-state index in [0.717, 1.165) is 12.8 Å². The average Bonchev–Trinajstić information content (AvgIpc) is 2.81. The lowest BCUT2D eigenvalue weighted by Gasteiger charge is -2.29. The molecule has 5 heteroatoms. The van der Waals surface area contributed by atoms with Crippen LogP contribution >= 0.6 is 0 Å². The maximum Gasteiger partial charge on any atom is 0.166 e. The third-order valence-corrected chi connectivity index (χ3v) is 6.37. The predicted octanol–water partition coefficient (Wildman–Crippen LogP) is 6.71. The number of hydrogen-bond donors (Lipinski definition) is 1. The molecule has 0 amide bonds. The zero-order valence-corrected chi connectivity index (χ0v) is 17.4. The van der Waals surface area contributed by atoms with Crippen LogP contribution in [0, 0.1) is 17.5 Å². The zero-order valence-electron chi connectivity index (χ0n) is 17.4. The second kappa shape index (κ2) is 9.15. The highest BCUT2D eigenvalue weighted by atomic mass is 19.2. The number of rotatable bonds is 5. The van der Waals surface area contributed by atoms with E-state index in [9.17, 15) is 13.2 Å². The Morgan fingerprint density at radius 2 is 1.42 bits per heavy atom. The second-order valence-electron chi connectivity index (χ2n) is 8.12. The molecule has 0 bridgehead atoms. The maximum atomic E-state index is 15.0. The summed E-state index contributed by atoms with van der Waals surface area (Å²) in [6.45, 7) is -0.0981. The molecule has 1 aliphatic carbocycles. The highest BCUT2D eigenvalue weighted by Gasteiger charge is 2.28. The number of aliphatic hydroxyl groups is 1. The number of ether oxygens (including phenoxy) is 1. The fourth-order valence-electron chi connectivity index (χ4n) is 4.57. The molecule has 3 aromatic carbocycles. The lowest BCUT2D eigenvalue weighted by Crippen LogP contribution is -2.15. The van der Waals surface area contributed by atoms with Gasteiger partial charge in [0.1, 0.15) is 11.6 Å². The first-order valence-corrected chi connectivity index (χ1v) is 10.5. The molecular formula is C26H25F3O2. The predicted molar refractivity (Wildman–Crippen MR) is 115 cm³/mol. The lowest BCUT2D eigenvalue weighted by molar-refractivity contribution is 0.282. The van der Waals surface area contributed by atoms with Crippen molar-refractivity contribution in [1.29, 1.82) is 0 Å². The summed E-state index contributed by atoms with van der Waals surface area (Å²) in [4.78, 5) is 0. The number of methoxy groups -OCH3 is 1. The Kier molecular flexibility index (Phi) is 6.33. The van der Waals surface area contributed by atoms with E-state index in [4.69, 9.17) is 9.84 Å². The van der Waals surface area contributed by atoms with Gasteiger partial charge in [-0.1, -0.05) is 42.5 Å². The van der Waals surface area contributed by atoms with Crippen LogP contribution in [0.15, 0.2) is 54.6 Å². The van der Waals surface area contributed by atoms with E-state index in [1.807, 2.05) is 0 Å². The van der Waals surface area contributed by atoms with E-state index >= 15 is 0 Å². The largest absolute Gasteiger partial charge is 0.497 e. The number of benzene rings is 3. The van der Waals surface area contributed by atoms with Gasteiger partial charge in [0.05, 0.1) is 13.7 Å². The highest BCUT2D eigenvalue weighted by Crippen LogP contribution is 2.43. The first kappa shape index (κ1) is 21.4. The Bertz CT molecular complexity index is 1050. The Morgan fingerprint density at radius 1 is 0.806 bits per heavy atom. The Hall–Kier alpha value is -2.79. The van der Waals surface area contributed by atoms with Gasteiger partial charge in [-0.05, 0) is 65.8 Å². The van der Waals surface area contributed by atoms with Gasteiger partial charge in [0.2, 0.25) is 0 Å². The smallest absolute Gasteiger partial charge is 0.166 e. The summed E-state index contributed by atoms with van der Waals surface area (Å²) in [7, 11) is 1.50. The van der Waals surface area contributed by atoms with Gasteiger partial charge in [-0.2, -0.15) is 0 Å². The second-order valence-corrected chi connectivity index (χ2v) is 8.12. The summed E-state index contributed by atoms with van der Waals surface area (Å²) < 4.78 is 49.3. The summed E-state index contributed by atoms with van der Waals surface area (Å²) in [6.07, 6.45) is 2.80. The molecule has 4 rings (SSSR count). The average molecular weight is 426 g/mol. The van der Waals surface area contributed by atoms with Crippen molar-refractivity contribution in [3.8, 4) is 16.9 Å². The Labute approximate surface area is 180 Å².